The molecule has 0 unspecified atom stereocenters. The van der Waals surface area contributed by atoms with Crippen LogP contribution in [-0.4, -0.2) is 68.0 Å². The second kappa shape index (κ2) is 11.0. The van der Waals surface area contributed by atoms with Gasteiger partial charge in [0.05, 0.1) is 31.0 Å². The summed E-state index contributed by atoms with van der Waals surface area (Å²) in [4.78, 5) is 15.2. The van der Waals surface area contributed by atoms with Gasteiger partial charge in [-0.1, -0.05) is 0 Å². The molecule has 2 heterocycles. The molecule has 2 aliphatic heterocycles. The number of nitriles is 1. The Labute approximate surface area is 178 Å². The topological polar surface area (TPSA) is 107 Å². The summed E-state index contributed by atoms with van der Waals surface area (Å²) in [6.45, 7) is 6.48. The fraction of sp³-hybridized carbons (Fsp3) is 0.636. The number of fused-ring (bicyclic) bond motifs is 1. The van der Waals surface area contributed by atoms with Gasteiger partial charge >= 0.3 is 0 Å². The van der Waals surface area contributed by atoms with E-state index in [4.69, 9.17) is 14.7 Å². The molecule has 0 spiro atoms. The second-order valence-electron chi connectivity index (χ2n) is 7.82. The van der Waals surface area contributed by atoms with Crippen molar-refractivity contribution in [3.05, 3.63) is 17.7 Å². The predicted octanol–water partition coefficient (Wildman–Crippen LogP) is 2.00. The van der Waals surface area contributed by atoms with Crippen molar-refractivity contribution in [1.82, 2.24) is 10.2 Å². The Morgan fingerprint density at radius 1 is 1.37 bits per heavy atom. The van der Waals surface area contributed by atoms with Crippen LogP contribution in [0.3, 0.4) is 0 Å². The minimum absolute atomic E-state index is 0.00823. The van der Waals surface area contributed by atoms with Gasteiger partial charge < -0.3 is 30.1 Å². The Bertz CT molecular complexity index is 764. The smallest absolute Gasteiger partial charge is 0.255 e. The van der Waals surface area contributed by atoms with Crippen molar-refractivity contribution in [3.8, 4) is 17.6 Å². The first-order valence-electron chi connectivity index (χ1n) is 10.9. The highest BCUT2D eigenvalue weighted by Crippen LogP contribution is 2.36. The highest BCUT2D eigenvalue weighted by molar-refractivity contribution is 5.99. The summed E-state index contributed by atoms with van der Waals surface area (Å²) in [5.74, 6) is 0.857. The number of piperidine rings is 1. The van der Waals surface area contributed by atoms with Gasteiger partial charge in [-0.15, -0.1) is 0 Å². The lowest BCUT2D eigenvalue weighted by molar-refractivity contribution is 0.0219. The third-order valence-electron chi connectivity index (χ3n) is 5.57. The van der Waals surface area contributed by atoms with Crippen molar-refractivity contribution in [1.29, 1.82) is 5.26 Å². The molecular formula is C22H32N4O4. The first-order chi connectivity index (χ1) is 14.6. The number of benzene rings is 1. The summed E-state index contributed by atoms with van der Waals surface area (Å²) in [5.41, 5.74) is 1.27. The molecule has 8 heteroatoms. The van der Waals surface area contributed by atoms with Gasteiger partial charge in [0.1, 0.15) is 0 Å². The van der Waals surface area contributed by atoms with Crippen LogP contribution in [0.5, 0.6) is 11.5 Å². The van der Waals surface area contributed by atoms with E-state index >= 15 is 0 Å². The number of nitrogens with zero attached hydrogens (tertiary/aromatic N) is 2. The summed E-state index contributed by atoms with van der Waals surface area (Å²) in [6, 6.07) is 5.81. The van der Waals surface area contributed by atoms with Gasteiger partial charge in [-0.2, -0.15) is 5.26 Å². The fourth-order valence-electron chi connectivity index (χ4n) is 3.94. The average molecular weight is 417 g/mol. The van der Waals surface area contributed by atoms with Gasteiger partial charge in [-0.25, -0.2) is 0 Å². The van der Waals surface area contributed by atoms with Crippen molar-refractivity contribution in [2.75, 3.05) is 51.3 Å². The summed E-state index contributed by atoms with van der Waals surface area (Å²) in [6.07, 6.45) is 2.44. The molecule has 0 aliphatic carbocycles. The molecule has 3 rings (SSSR count). The number of hydrogen-bond donors (Lipinski definition) is 3. The molecule has 0 saturated carbocycles. The quantitative estimate of drug-likeness (QED) is 0.557. The molecule has 1 aromatic carbocycles. The molecule has 3 N–H and O–H groups in total. The lowest BCUT2D eigenvalue weighted by Crippen LogP contribution is -2.47. The molecule has 1 fully saturated rings. The van der Waals surface area contributed by atoms with Gasteiger partial charge in [-0.05, 0) is 38.9 Å². The Morgan fingerprint density at radius 2 is 2.20 bits per heavy atom. The summed E-state index contributed by atoms with van der Waals surface area (Å²) < 4.78 is 11.6. The van der Waals surface area contributed by atoms with Crippen LogP contribution in [0.15, 0.2) is 12.1 Å². The molecule has 0 radical (unpaired) electrons. The second-order valence-corrected chi connectivity index (χ2v) is 7.82. The summed E-state index contributed by atoms with van der Waals surface area (Å²) in [5, 5.41) is 25.4. The minimum Gasteiger partial charge on any atom is -0.489 e. The molecule has 1 saturated heterocycles. The van der Waals surface area contributed by atoms with E-state index in [1.807, 2.05) is 13.0 Å². The fourth-order valence-corrected chi connectivity index (χ4v) is 3.94. The number of likely N-dealkylation sites (tertiary alicyclic amines) is 1. The van der Waals surface area contributed by atoms with Crippen molar-refractivity contribution in [2.45, 2.75) is 38.7 Å². The SMILES string of the molecule is CCNc1cc2c(c(C(=O)NC[C@@H]3CCN(CCCC#N)C[C@H]3O)c1)OCCCO2. The van der Waals surface area contributed by atoms with E-state index < -0.39 is 6.10 Å². The van der Waals surface area contributed by atoms with E-state index in [1.54, 1.807) is 6.07 Å². The first kappa shape index (κ1) is 22.2. The minimum atomic E-state index is -0.495. The number of nitrogens with one attached hydrogen (secondary N) is 2. The highest BCUT2D eigenvalue weighted by atomic mass is 16.5. The molecule has 164 valence electrons. The molecule has 0 aromatic heterocycles. The van der Waals surface area contributed by atoms with Gasteiger partial charge in [0, 0.05) is 50.1 Å². The maximum atomic E-state index is 13.0. The monoisotopic (exact) mass is 416 g/mol. The number of carbonyl (C=O) groups is 1. The van der Waals surface area contributed by atoms with Crippen LogP contribution in [0.1, 0.15) is 43.0 Å². The normalized spacial score (nSPS) is 21.4. The van der Waals surface area contributed by atoms with E-state index in [2.05, 4.69) is 21.6 Å². The molecule has 1 aromatic rings. The van der Waals surface area contributed by atoms with Crippen LogP contribution in [0.4, 0.5) is 5.69 Å². The number of aliphatic hydroxyl groups is 1. The average Bonchev–Trinajstić information content (AvgIpc) is 2.98. The van der Waals surface area contributed by atoms with Crippen molar-refractivity contribution in [2.24, 2.45) is 5.92 Å². The zero-order chi connectivity index (χ0) is 21.3. The molecule has 1 amide bonds. The Morgan fingerprint density at radius 3 is 2.97 bits per heavy atom. The van der Waals surface area contributed by atoms with E-state index in [1.165, 1.54) is 0 Å². The number of amides is 1. The molecule has 2 atom stereocenters. The van der Waals surface area contributed by atoms with E-state index in [0.29, 0.717) is 49.8 Å². The number of aliphatic hydroxyl groups excluding tert-OH is 1. The third kappa shape index (κ3) is 5.77. The number of carbonyl (C=O) groups excluding carboxylic acids is 1. The van der Waals surface area contributed by atoms with E-state index in [9.17, 15) is 9.90 Å². The number of rotatable bonds is 8. The van der Waals surface area contributed by atoms with E-state index in [0.717, 1.165) is 44.6 Å². The van der Waals surface area contributed by atoms with Crippen LogP contribution in [0, 0.1) is 17.2 Å². The molecule has 0 bridgehead atoms. The number of anilines is 1. The summed E-state index contributed by atoms with van der Waals surface area (Å²) in [7, 11) is 0. The van der Waals surface area contributed by atoms with Crippen molar-refractivity contribution < 1.29 is 19.4 Å². The Kier molecular flexibility index (Phi) is 8.17. The first-order valence-corrected chi connectivity index (χ1v) is 10.9. The largest absolute Gasteiger partial charge is 0.489 e. The van der Waals surface area contributed by atoms with Crippen LogP contribution < -0.4 is 20.1 Å². The summed E-state index contributed by atoms with van der Waals surface area (Å²) >= 11 is 0. The van der Waals surface area contributed by atoms with E-state index in [-0.39, 0.29) is 11.8 Å². The maximum absolute atomic E-state index is 13.0. The standard InChI is InChI=1S/C22H32N4O4/c1-2-24-17-12-18(21-20(13-17)29-10-5-11-30-21)22(28)25-14-16-6-9-26(15-19(16)27)8-4-3-7-23/h12-13,16,19,24,27H,2-6,8-11,14-15H2,1H3,(H,25,28)/t16-,19+/m0/s1. The van der Waals surface area contributed by atoms with Crippen LogP contribution >= 0.6 is 0 Å². The molecular weight excluding hydrogens is 384 g/mol. The van der Waals surface area contributed by atoms with Gasteiger partial charge in [0.25, 0.3) is 5.91 Å². The van der Waals surface area contributed by atoms with Crippen molar-refractivity contribution in [3.63, 3.8) is 0 Å². The highest BCUT2D eigenvalue weighted by Gasteiger charge is 2.28. The molecule has 30 heavy (non-hydrogen) atoms. The predicted molar refractivity (Wildman–Crippen MR) is 114 cm³/mol. The Balaban J connectivity index is 1.61. The van der Waals surface area contributed by atoms with Gasteiger partial charge in [0.15, 0.2) is 11.5 Å². The number of hydrogen-bond acceptors (Lipinski definition) is 7. The zero-order valence-electron chi connectivity index (χ0n) is 17.7. The number of β-amino-alcohol motifs (C(OH)–C–C–N with tert-alkyl or cyclic N) is 1. The number of unbranched alkanes of at least 4 members (excludes halogenated alkanes) is 1. The molecule has 8 nitrogen and oxygen atoms in total. The lowest BCUT2D eigenvalue weighted by atomic mass is 9.93. The third-order valence-corrected chi connectivity index (χ3v) is 5.57. The van der Waals surface area contributed by atoms with Gasteiger partial charge in [0.2, 0.25) is 0 Å². The Hall–Kier alpha value is -2.50. The van der Waals surface area contributed by atoms with Crippen LogP contribution in [0.2, 0.25) is 0 Å². The van der Waals surface area contributed by atoms with Gasteiger partial charge in [-0.3, -0.25) is 4.79 Å². The lowest BCUT2D eigenvalue weighted by Gasteiger charge is -2.36. The molecule has 2 aliphatic rings. The number of ether oxygens (including phenoxy) is 2. The van der Waals surface area contributed by atoms with Crippen molar-refractivity contribution >= 4 is 11.6 Å². The maximum Gasteiger partial charge on any atom is 0.255 e. The van der Waals surface area contributed by atoms with Crippen LogP contribution in [0.25, 0.3) is 0 Å². The zero-order valence-corrected chi connectivity index (χ0v) is 17.7. The van der Waals surface area contributed by atoms with Crippen LogP contribution in [-0.2, 0) is 0 Å².